The molecule has 35 heavy (non-hydrogen) atoms. The molecular formula is C34H36S. The molecule has 2 aliphatic heterocycles. The van der Waals surface area contributed by atoms with E-state index in [9.17, 15) is 0 Å². The molecule has 0 aromatic heterocycles. The van der Waals surface area contributed by atoms with E-state index < -0.39 is 10.0 Å². The van der Waals surface area contributed by atoms with Crippen LogP contribution in [0.4, 0.5) is 0 Å². The molecule has 178 valence electrons. The van der Waals surface area contributed by atoms with Crippen molar-refractivity contribution in [3.8, 4) is 22.3 Å². The van der Waals surface area contributed by atoms with Crippen LogP contribution in [0.1, 0.15) is 81.5 Å². The topological polar surface area (TPSA) is 0 Å². The van der Waals surface area contributed by atoms with Crippen LogP contribution in [-0.4, -0.2) is 0 Å². The maximum Gasteiger partial charge on any atom is 0.0105 e. The second kappa shape index (κ2) is 7.87. The molecule has 0 fully saturated rings. The minimum Gasteiger partial charge on any atom is -0.130 e. The second-order valence-corrected chi connectivity index (χ2v) is 14.3. The summed E-state index contributed by atoms with van der Waals surface area (Å²) in [6, 6.07) is 29.2. The molecule has 0 amide bonds. The highest BCUT2D eigenvalue weighted by atomic mass is 32.3. The summed E-state index contributed by atoms with van der Waals surface area (Å²) in [5, 5.41) is 0. The van der Waals surface area contributed by atoms with Crippen LogP contribution in [0.2, 0.25) is 0 Å². The Hall–Kier alpha value is -2.77. The summed E-state index contributed by atoms with van der Waals surface area (Å²) in [6.07, 6.45) is 0. The zero-order valence-electron chi connectivity index (χ0n) is 22.1. The van der Waals surface area contributed by atoms with E-state index in [0.717, 1.165) is 0 Å². The molecule has 0 N–H and O–H groups in total. The number of hydrogen-bond acceptors (Lipinski definition) is 0. The van der Waals surface area contributed by atoms with Crippen molar-refractivity contribution in [1.82, 2.24) is 0 Å². The lowest BCUT2D eigenvalue weighted by atomic mass is 9.96. The van der Waals surface area contributed by atoms with Gasteiger partial charge in [-0.25, -0.2) is 0 Å². The van der Waals surface area contributed by atoms with Gasteiger partial charge >= 0.3 is 0 Å². The first-order valence-electron chi connectivity index (χ1n) is 13.1. The predicted molar refractivity (Wildman–Crippen MR) is 151 cm³/mol. The number of rotatable bonds is 3. The van der Waals surface area contributed by atoms with Gasteiger partial charge in [-0.3, -0.25) is 0 Å². The van der Waals surface area contributed by atoms with Crippen LogP contribution in [0.3, 0.4) is 0 Å². The number of hydrogen-bond donors (Lipinski definition) is 0. The number of fused-ring (bicyclic) bond motifs is 10. The van der Waals surface area contributed by atoms with Gasteiger partial charge in [0.15, 0.2) is 0 Å². The molecule has 0 atom stereocenters. The third-order valence-corrected chi connectivity index (χ3v) is 12.0. The van der Waals surface area contributed by atoms with Gasteiger partial charge in [-0.15, -0.1) is 10.0 Å². The highest BCUT2D eigenvalue weighted by molar-refractivity contribution is 8.34. The van der Waals surface area contributed by atoms with Crippen molar-refractivity contribution in [2.75, 3.05) is 0 Å². The number of aryl methyl sites for hydroxylation is 1. The highest BCUT2D eigenvalue weighted by Gasteiger charge is 2.48. The van der Waals surface area contributed by atoms with E-state index in [4.69, 9.17) is 0 Å². The summed E-state index contributed by atoms with van der Waals surface area (Å²) < 4.78 is 0. The Balaban J connectivity index is 1.82. The zero-order chi connectivity index (χ0) is 24.6. The van der Waals surface area contributed by atoms with Crippen molar-refractivity contribution in [3.05, 3.63) is 95.1 Å². The molecule has 1 heteroatoms. The van der Waals surface area contributed by atoms with E-state index >= 15 is 0 Å². The average molecular weight is 477 g/mol. The summed E-state index contributed by atoms with van der Waals surface area (Å²) in [7, 11) is -1.55. The Morgan fingerprint density at radius 3 is 1.09 bits per heavy atom. The Kier molecular flexibility index (Phi) is 5.10. The molecule has 0 unspecified atom stereocenters. The van der Waals surface area contributed by atoms with Gasteiger partial charge < -0.3 is 0 Å². The molecule has 0 saturated carbocycles. The highest BCUT2D eigenvalue weighted by Crippen LogP contribution is 2.85. The van der Waals surface area contributed by atoms with Crippen LogP contribution in [0.5, 0.6) is 0 Å². The summed E-state index contributed by atoms with van der Waals surface area (Å²) in [6.45, 7) is 16.2. The predicted octanol–water partition coefficient (Wildman–Crippen LogP) is 10.7. The first-order chi connectivity index (χ1) is 16.7. The normalized spacial score (nSPS) is 15.5. The van der Waals surface area contributed by atoms with E-state index in [0.29, 0.717) is 17.8 Å². The first kappa shape index (κ1) is 22.7. The lowest BCUT2D eigenvalue weighted by Crippen LogP contribution is -2.01. The SMILES string of the molecule is Cc1ccc2c(c1)S1(c3cc(C(C)C)ccc3-2)c2cc(C(C)C)ccc2-c2ccc(C(C)C)cc21. The Labute approximate surface area is 212 Å². The van der Waals surface area contributed by atoms with Gasteiger partial charge in [-0.1, -0.05) is 90.1 Å². The Morgan fingerprint density at radius 2 is 0.743 bits per heavy atom. The van der Waals surface area contributed by atoms with Crippen molar-refractivity contribution in [2.45, 2.75) is 85.8 Å². The van der Waals surface area contributed by atoms with Crippen molar-refractivity contribution in [3.63, 3.8) is 0 Å². The monoisotopic (exact) mass is 476 g/mol. The van der Waals surface area contributed by atoms with Crippen molar-refractivity contribution in [2.24, 2.45) is 0 Å². The summed E-state index contributed by atoms with van der Waals surface area (Å²) in [5.41, 5.74) is 11.4. The molecule has 0 saturated heterocycles. The second-order valence-electron chi connectivity index (χ2n) is 11.3. The van der Waals surface area contributed by atoms with Gasteiger partial charge in [0.25, 0.3) is 0 Å². The molecule has 2 aliphatic rings. The van der Waals surface area contributed by atoms with Crippen LogP contribution < -0.4 is 0 Å². The van der Waals surface area contributed by atoms with Gasteiger partial charge in [0.05, 0.1) is 0 Å². The largest absolute Gasteiger partial charge is 0.130 e. The van der Waals surface area contributed by atoms with Crippen LogP contribution >= 0.6 is 10.0 Å². The quantitative estimate of drug-likeness (QED) is 0.238. The van der Waals surface area contributed by atoms with E-state index in [1.54, 1.807) is 14.7 Å². The van der Waals surface area contributed by atoms with Gasteiger partial charge in [-0.05, 0) is 93.5 Å². The first-order valence-corrected chi connectivity index (χ1v) is 14.7. The van der Waals surface area contributed by atoms with Gasteiger partial charge in [-0.2, -0.15) is 0 Å². The molecule has 1 spiro atoms. The fourth-order valence-corrected chi connectivity index (χ4v) is 10.7. The fourth-order valence-electron chi connectivity index (χ4n) is 5.94. The maximum atomic E-state index is 2.56. The molecule has 4 aromatic carbocycles. The minimum absolute atomic E-state index is 0.506. The lowest BCUT2D eigenvalue weighted by Gasteiger charge is -2.37. The van der Waals surface area contributed by atoms with Crippen molar-refractivity contribution < 1.29 is 0 Å². The summed E-state index contributed by atoms with van der Waals surface area (Å²) in [5.74, 6) is 1.52. The smallest absolute Gasteiger partial charge is 0.0105 e. The molecule has 0 radical (unpaired) electrons. The van der Waals surface area contributed by atoms with E-state index in [1.807, 2.05) is 0 Å². The standard InChI is InChI=1S/C34H36S/c1-20(2)24-9-13-28-27-12-8-23(7)16-31(27)35(32(28)17-24)33-18-25(21(3)4)10-14-29(33)30-15-11-26(22(5)6)19-34(30)35/h8-22H,1-7H3. The van der Waals surface area contributed by atoms with Crippen LogP contribution in [0.15, 0.2) is 92.4 Å². The molecule has 4 aromatic rings. The molecule has 0 nitrogen and oxygen atoms in total. The van der Waals surface area contributed by atoms with E-state index in [2.05, 4.69) is 121 Å². The van der Waals surface area contributed by atoms with E-state index in [-0.39, 0.29) is 0 Å². The van der Waals surface area contributed by atoms with Crippen molar-refractivity contribution in [1.29, 1.82) is 0 Å². The average Bonchev–Trinajstić information content (AvgIpc) is 3.29. The van der Waals surface area contributed by atoms with Crippen LogP contribution in [0, 0.1) is 6.92 Å². The van der Waals surface area contributed by atoms with Gasteiger partial charge in [0, 0.05) is 19.6 Å². The molecule has 2 heterocycles. The molecular weight excluding hydrogens is 440 g/mol. The Bertz CT molecular complexity index is 1400. The van der Waals surface area contributed by atoms with E-state index in [1.165, 1.54) is 49.4 Å². The molecule has 6 rings (SSSR count). The molecule has 0 bridgehead atoms. The fraction of sp³-hybridized carbons (Fsp3) is 0.294. The summed E-state index contributed by atoms with van der Waals surface area (Å²) in [4.78, 5) is 6.18. The number of benzene rings is 4. The third kappa shape index (κ3) is 3.07. The lowest BCUT2D eigenvalue weighted by molar-refractivity contribution is 0.861. The van der Waals surface area contributed by atoms with Gasteiger partial charge in [0.2, 0.25) is 0 Å². The summed E-state index contributed by atoms with van der Waals surface area (Å²) >= 11 is 0. The van der Waals surface area contributed by atoms with Crippen molar-refractivity contribution >= 4 is 10.0 Å². The third-order valence-electron chi connectivity index (χ3n) is 8.05. The zero-order valence-corrected chi connectivity index (χ0v) is 22.9. The van der Waals surface area contributed by atoms with Crippen LogP contribution in [0.25, 0.3) is 22.3 Å². The van der Waals surface area contributed by atoms with Crippen LogP contribution in [-0.2, 0) is 0 Å². The molecule has 0 aliphatic carbocycles. The minimum atomic E-state index is -1.55. The van der Waals surface area contributed by atoms with Gasteiger partial charge in [0.1, 0.15) is 0 Å². The maximum absolute atomic E-state index is 2.56. The Morgan fingerprint density at radius 1 is 0.429 bits per heavy atom.